The summed E-state index contributed by atoms with van der Waals surface area (Å²) in [5.74, 6) is 0.508. The van der Waals surface area contributed by atoms with Crippen LogP contribution in [0.5, 0.6) is 17.2 Å². The molecule has 0 spiro atoms. The molecule has 4 rings (SSSR count). The summed E-state index contributed by atoms with van der Waals surface area (Å²) in [4.78, 5) is 28.3. The SMILES string of the molecule is CCCOc1cccc(/C(O)=C2/C(=O)C(=O)N(c3ccc(OCC(C)C)cc3)C2c2ccc(OC)cc2)c1. The Labute approximate surface area is 223 Å². The third-order valence-corrected chi connectivity index (χ3v) is 6.15. The summed E-state index contributed by atoms with van der Waals surface area (Å²) in [5.41, 5.74) is 1.58. The number of aliphatic hydroxyl groups excluding tert-OH is 1. The molecule has 3 aromatic rings. The van der Waals surface area contributed by atoms with E-state index in [1.165, 1.54) is 4.90 Å². The van der Waals surface area contributed by atoms with Crippen LogP contribution in [0.15, 0.2) is 78.4 Å². The van der Waals surface area contributed by atoms with Crippen molar-refractivity contribution < 1.29 is 28.9 Å². The molecule has 1 atom stereocenters. The number of hydrogen-bond donors (Lipinski definition) is 1. The van der Waals surface area contributed by atoms with Gasteiger partial charge >= 0.3 is 0 Å². The molecule has 1 fully saturated rings. The first-order valence-corrected chi connectivity index (χ1v) is 12.7. The van der Waals surface area contributed by atoms with Crippen LogP contribution >= 0.6 is 0 Å². The molecule has 3 aromatic carbocycles. The van der Waals surface area contributed by atoms with E-state index in [4.69, 9.17) is 14.2 Å². The summed E-state index contributed by atoms with van der Waals surface area (Å²) in [6.45, 7) is 7.22. The average molecular weight is 516 g/mol. The van der Waals surface area contributed by atoms with Crippen molar-refractivity contribution in [3.05, 3.63) is 89.5 Å². The van der Waals surface area contributed by atoms with Gasteiger partial charge in [0.1, 0.15) is 23.0 Å². The second-order valence-corrected chi connectivity index (χ2v) is 9.52. The molecule has 0 aromatic heterocycles. The number of carbonyl (C=O) groups is 2. The third kappa shape index (κ3) is 5.67. The Hall–Kier alpha value is -4.26. The molecule has 7 nitrogen and oxygen atoms in total. The Morgan fingerprint density at radius 3 is 2.24 bits per heavy atom. The second-order valence-electron chi connectivity index (χ2n) is 9.52. The van der Waals surface area contributed by atoms with Gasteiger partial charge in [0.25, 0.3) is 11.7 Å². The Bertz CT molecular complexity index is 1310. The van der Waals surface area contributed by atoms with Crippen LogP contribution in [0.3, 0.4) is 0 Å². The largest absolute Gasteiger partial charge is 0.507 e. The number of methoxy groups -OCH3 is 1. The molecule has 0 saturated carbocycles. The van der Waals surface area contributed by atoms with Crippen LogP contribution in [0.1, 0.15) is 44.4 Å². The lowest BCUT2D eigenvalue weighted by atomic mass is 9.95. The molecule has 7 heteroatoms. The second kappa shape index (κ2) is 11.9. The number of amides is 1. The summed E-state index contributed by atoms with van der Waals surface area (Å²) < 4.78 is 16.8. The Morgan fingerprint density at radius 1 is 0.921 bits per heavy atom. The molecule has 1 unspecified atom stereocenters. The monoisotopic (exact) mass is 515 g/mol. The predicted octanol–water partition coefficient (Wildman–Crippen LogP) is 6.15. The fourth-order valence-corrected chi connectivity index (χ4v) is 4.27. The molecule has 1 saturated heterocycles. The normalized spacial score (nSPS) is 16.7. The van der Waals surface area contributed by atoms with Crippen LogP contribution in [-0.4, -0.2) is 37.1 Å². The van der Waals surface area contributed by atoms with Gasteiger partial charge in [-0.1, -0.05) is 45.0 Å². The minimum atomic E-state index is -0.844. The number of ether oxygens (including phenoxy) is 3. The highest BCUT2D eigenvalue weighted by molar-refractivity contribution is 6.51. The maximum absolute atomic E-state index is 13.4. The van der Waals surface area contributed by atoms with Crippen molar-refractivity contribution in [3.8, 4) is 17.2 Å². The molecule has 198 valence electrons. The quantitative estimate of drug-likeness (QED) is 0.198. The lowest BCUT2D eigenvalue weighted by Gasteiger charge is -2.26. The minimum absolute atomic E-state index is 0.00735. The zero-order valence-corrected chi connectivity index (χ0v) is 22.1. The van der Waals surface area contributed by atoms with Gasteiger partial charge in [-0.15, -0.1) is 0 Å². The van der Waals surface area contributed by atoms with Gasteiger partial charge in [-0.2, -0.15) is 0 Å². The minimum Gasteiger partial charge on any atom is -0.507 e. The van der Waals surface area contributed by atoms with E-state index in [9.17, 15) is 14.7 Å². The molecule has 1 amide bonds. The van der Waals surface area contributed by atoms with E-state index >= 15 is 0 Å². The zero-order chi connectivity index (χ0) is 27.2. The summed E-state index contributed by atoms with van der Waals surface area (Å²) in [5, 5.41) is 11.4. The summed E-state index contributed by atoms with van der Waals surface area (Å²) in [6.07, 6.45) is 0.833. The van der Waals surface area contributed by atoms with Crippen LogP contribution in [0.2, 0.25) is 0 Å². The number of nitrogens with zero attached hydrogens (tertiary/aromatic N) is 1. The summed E-state index contributed by atoms with van der Waals surface area (Å²) in [6, 6.07) is 20.2. The molecule has 0 bridgehead atoms. The Morgan fingerprint density at radius 2 is 1.61 bits per heavy atom. The van der Waals surface area contributed by atoms with Crippen molar-refractivity contribution in [2.45, 2.75) is 33.2 Å². The van der Waals surface area contributed by atoms with Gasteiger partial charge < -0.3 is 19.3 Å². The van der Waals surface area contributed by atoms with Crippen molar-refractivity contribution in [2.24, 2.45) is 5.92 Å². The molecule has 0 radical (unpaired) electrons. The van der Waals surface area contributed by atoms with Crippen molar-refractivity contribution in [1.82, 2.24) is 0 Å². The molecule has 38 heavy (non-hydrogen) atoms. The number of rotatable bonds is 10. The average Bonchev–Trinajstić information content (AvgIpc) is 3.20. The fourth-order valence-electron chi connectivity index (χ4n) is 4.27. The van der Waals surface area contributed by atoms with Crippen LogP contribution in [0.4, 0.5) is 5.69 Å². The smallest absolute Gasteiger partial charge is 0.300 e. The van der Waals surface area contributed by atoms with Crippen LogP contribution in [-0.2, 0) is 9.59 Å². The van der Waals surface area contributed by atoms with Crippen molar-refractivity contribution >= 4 is 23.1 Å². The van der Waals surface area contributed by atoms with E-state index in [2.05, 4.69) is 13.8 Å². The van der Waals surface area contributed by atoms with Crippen molar-refractivity contribution in [2.75, 3.05) is 25.2 Å². The summed E-state index contributed by atoms with van der Waals surface area (Å²) in [7, 11) is 1.57. The first kappa shape index (κ1) is 26.8. The molecular weight excluding hydrogens is 482 g/mol. The maximum Gasteiger partial charge on any atom is 0.300 e. The number of hydrogen-bond acceptors (Lipinski definition) is 6. The van der Waals surface area contributed by atoms with Crippen LogP contribution < -0.4 is 19.1 Å². The van der Waals surface area contributed by atoms with E-state index < -0.39 is 17.7 Å². The van der Waals surface area contributed by atoms with E-state index in [-0.39, 0.29) is 11.3 Å². The van der Waals surface area contributed by atoms with Crippen molar-refractivity contribution in [1.29, 1.82) is 0 Å². The molecule has 1 aliphatic heterocycles. The fraction of sp³-hybridized carbons (Fsp3) is 0.290. The molecule has 1 aliphatic rings. The number of carbonyl (C=O) groups excluding carboxylic acids is 2. The highest BCUT2D eigenvalue weighted by Crippen LogP contribution is 2.43. The molecule has 0 aliphatic carbocycles. The third-order valence-electron chi connectivity index (χ3n) is 6.15. The number of ketones is 1. The topological polar surface area (TPSA) is 85.3 Å². The summed E-state index contributed by atoms with van der Waals surface area (Å²) >= 11 is 0. The zero-order valence-electron chi connectivity index (χ0n) is 22.1. The lowest BCUT2D eigenvalue weighted by molar-refractivity contribution is -0.132. The first-order chi connectivity index (χ1) is 18.3. The van der Waals surface area contributed by atoms with E-state index in [0.717, 1.165) is 6.42 Å². The molecule has 1 N–H and O–H groups in total. The highest BCUT2D eigenvalue weighted by atomic mass is 16.5. The number of Topliss-reactive ketones (excluding diaryl/α,β-unsaturated/α-hetero) is 1. The van der Waals surface area contributed by atoms with Gasteiger partial charge in [-0.25, -0.2) is 0 Å². The number of aliphatic hydroxyl groups is 1. The van der Waals surface area contributed by atoms with Gasteiger partial charge in [-0.05, 0) is 66.4 Å². The Balaban J connectivity index is 1.80. The van der Waals surface area contributed by atoms with Gasteiger partial charge in [0, 0.05) is 11.3 Å². The number of benzene rings is 3. The van der Waals surface area contributed by atoms with Gasteiger partial charge in [0.15, 0.2) is 0 Å². The lowest BCUT2D eigenvalue weighted by Crippen LogP contribution is -2.29. The first-order valence-electron chi connectivity index (χ1n) is 12.7. The predicted molar refractivity (Wildman–Crippen MR) is 147 cm³/mol. The van der Waals surface area contributed by atoms with Gasteiger partial charge in [0.05, 0.1) is 31.9 Å². The van der Waals surface area contributed by atoms with Gasteiger partial charge in [0.2, 0.25) is 0 Å². The highest BCUT2D eigenvalue weighted by Gasteiger charge is 2.47. The van der Waals surface area contributed by atoms with Crippen LogP contribution in [0.25, 0.3) is 5.76 Å². The van der Waals surface area contributed by atoms with E-state index in [1.54, 1.807) is 79.9 Å². The van der Waals surface area contributed by atoms with E-state index in [0.29, 0.717) is 53.2 Å². The van der Waals surface area contributed by atoms with Gasteiger partial charge in [-0.3, -0.25) is 14.5 Å². The standard InChI is InChI=1S/C31H33NO6/c1-5-17-37-26-8-6-7-22(18-26)29(33)27-28(21-9-13-24(36-4)14-10-21)32(31(35)30(27)34)23-11-15-25(16-12-23)38-19-20(2)3/h6-16,18,20,28,33H,5,17,19H2,1-4H3/b29-27-. The molecular formula is C31H33NO6. The van der Waals surface area contributed by atoms with Crippen molar-refractivity contribution in [3.63, 3.8) is 0 Å². The Kier molecular flexibility index (Phi) is 8.36. The van der Waals surface area contributed by atoms with E-state index in [1.807, 2.05) is 6.92 Å². The number of anilines is 1. The van der Waals surface area contributed by atoms with Crippen LogP contribution in [0, 0.1) is 5.92 Å². The maximum atomic E-state index is 13.4. The molecule has 1 heterocycles.